The summed E-state index contributed by atoms with van der Waals surface area (Å²) < 4.78 is 68.9. The molecule has 2 aromatic heterocycles. The second kappa shape index (κ2) is 11.5. The number of fused-ring (bicyclic) bond motifs is 1. The van der Waals surface area contributed by atoms with E-state index in [0.717, 1.165) is 17.4 Å². The summed E-state index contributed by atoms with van der Waals surface area (Å²) in [5.74, 6) is -3.32. The predicted molar refractivity (Wildman–Crippen MR) is 150 cm³/mol. The number of nitrogens with one attached hydrogen (secondary N) is 1. The minimum Gasteiger partial charge on any atom is -0.384 e. The third-order valence-electron chi connectivity index (χ3n) is 6.74. The molecule has 0 unspecified atom stereocenters. The highest BCUT2D eigenvalue weighted by atomic mass is 32.1. The van der Waals surface area contributed by atoms with E-state index in [1.807, 2.05) is 0 Å². The van der Waals surface area contributed by atoms with E-state index in [-0.39, 0.29) is 46.0 Å². The molecule has 0 aliphatic carbocycles. The zero-order valence-electron chi connectivity index (χ0n) is 21.9. The number of halogens is 5. The highest BCUT2D eigenvalue weighted by Gasteiger charge is 2.36. The largest absolute Gasteiger partial charge is 0.417 e. The zero-order chi connectivity index (χ0) is 30.1. The Balaban J connectivity index is 1.33. The number of rotatable bonds is 6. The van der Waals surface area contributed by atoms with Gasteiger partial charge in [0, 0.05) is 43.8 Å². The van der Waals surface area contributed by atoms with E-state index < -0.39 is 42.3 Å². The van der Waals surface area contributed by atoms with E-state index in [4.69, 9.17) is 5.73 Å². The fourth-order valence-corrected chi connectivity index (χ4v) is 5.48. The third-order valence-corrected chi connectivity index (χ3v) is 7.84. The molecular formula is C29H24F5N5O2S. The van der Waals surface area contributed by atoms with Gasteiger partial charge in [0.05, 0.1) is 22.3 Å². The molecular weight excluding hydrogens is 577 g/mol. The number of nitrogen functional groups attached to an aromatic ring is 1. The van der Waals surface area contributed by atoms with E-state index in [1.54, 1.807) is 12.1 Å². The number of nitrogens with zero attached hydrogens (tertiary/aromatic N) is 3. The fraction of sp³-hybridized carbons (Fsp3) is 0.241. The lowest BCUT2D eigenvalue weighted by atomic mass is 10.00. The molecule has 7 nitrogen and oxygen atoms in total. The third kappa shape index (κ3) is 6.73. The smallest absolute Gasteiger partial charge is 0.384 e. The van der Waals surface area contributed by atoms with Crippen molar-refractivity contribution in [1.29, 1.82) is 0 Å². The number of carbonyl (C=O) groups excluding carboxylic acids is 2. The molecule has 3 N–H and O–H groups in total. The van der Waals surface area contributed by atoms with Crippen molar-refractivity contribution in [3.8, 4) is 11.1 Å². The van der Waals surface area contributed by atoms with Crippen molar-refractivity contribution < 1.29 is 31.5 Å². The van der Waals surface area contributed by atoms with Gasteiger partial charge in [-0.25, -0.2) is 18.7 Å². The summed E-state index contributed by atoms with van der Waals surface area (Å²) in [6.45, 7) is -0.210. The summed E-state index contributed by atoms with van der Waals surface area (Å²) in [5, 5.41) is 2.90. The van der Waals surface area contributed by atoms with Crippen molar-refractivity contribution in [3.05, 3.63) is 82.5 Å². The number of benzene rings is 2. The molecule has 1 saturated heterocycles. The number of thiazole rings is 1. The summed E-state index contributed by atoms with van der Waals surface area (Å²) in [7, 11) is 0. The van der Waals surface area contributed by atoms with Crippen LogP contribution in [0.1, 0.15) is 39.3 Å². The Morgan fingerprint density at radius 3 is 2.40 bits per heavy atom. The molecule has 0 saturated carbocycles. The van der Waals surface area contributed by atoms with Crippen molar-refractivity contribution >= 4 is 45.3 Å². The van der Waals surface area contributed by atoms with E-state index >= 15 is 0 Å². The number of amides is 2. The second-order valence-corrected chi connectivity index (χ2v) is 10.9. The average Bonchev–Trinajstić information content (AvgIpc) is 3.37. The Morgan fingerprint density at radius 2 is 1.76 bits per heavy atom. The first kappa shape index (κ1) is 29.1. The summed E-state index contributed by atoms with van der Waals surface area (Å²) in [6, 6.07) is 11.8. The van der Waals surface area contributed by atoms with Gasteiger partial charge in [0.25, 0.3) is 11.8 Å². The van der Waals surface area contributed by atoms with Gasteiger partial charge in [-0.2, -0.15) is 13.2 Å². The minimum atomic E-state index is -4.66. The lowest BCUT2D eigenvalue weighted by Gasteiger charge is -2.31. The summed E-state index contributed by atoms with van der Waals surface area (Å²) in [4.78, 5) is 34.6. The van der Waals surface area contributed by atoms with Crippen molar-refractivity contribution in [2.45, 2.75) is 31.5 Å². The predicted octanol–water partition coefficient (Wildman–Crippen LogP) is 6.16. The Labute approximate surface area is 240 Å². The van der Waals surface area contributed by atoms with E-state index in [9.17, 15) is 31.5 Å². The van der Waals surface area contributed by atoms with Crippen LogP contribution in [0.3, 0.4) is 0 Å². The molecule has 1 aliphatic rings. The molecule has 0 bridgehead atoms. The van der Waals surface area contributed by atoms with Gasteiger partial charge in [0.2, 0.25) is 5.91 Å². The fourth-order valence-electron chi connectivity index (χ4n) is 4.47. The van der Waals surface area contributed by atoms with Gasteiger partial charge in [0.15, 0.2) is 0 Å². The number of piperidine rings is 1. The van der Waals surface area contributed by atoms with Crippen LogP contribution in [0.4, 0.5) is 27.8 Å². The Morgan fingerprint density at radius 1 is 1.05 bits per heavy atom. The van der Waals surface area contributed by atoms with Crippen LogP contribution in [0.25, 0.3) is 27.4 Å². The van der Waals surface area contributed by atoms with Gasteiger partial charge >= 0.3 is 6.18 Å². The van der Waals surface area contributed by atoms with Crippen molar-refractivity contribution in [2.75, 3.05) is 18.8 Å². The number of hydrogen-bond acceptors (Lipinski definition) is 6. The lowest BCUT2D eigenvalue weighted by molar-refractivity contribution is -0.136. The maximum Gasteiger partial charge on any atom is 0.417 e. The minimum absolute atomic E-state index is 0.0623. The van der Waals surface area contributed by atoms with E-state index in [0.29, 0.717) is 16.9 Å². The summed E-state index contributed by atoms with van der Waals surface area (Å²) >= 11 is 0.837. The van der Waals surface area contributed by atoms with Gasteiger partial charge in [-0.1, -0.05) is 12.1 Å². The molecule has 13 heteroatoms. The highest BCUT2D eigenvalue weighted by molar-refractivity contribution is 7.18. The number of anilines is 1. The van der Waals surface area contributed by atoms with Gasteiger partial charge in [0.1, 0.15) is 10.8 Å². The molecule has 0 radical (unpaired) electrons. The molecule has 0 atom stereocenters. The molecule has 2 aromatic carbocycles. The molecule has 3 heterocycles. The maximum atomic E-state index is 14.0. The van der Waals surface area contributed by atoms with Crippen LogP contribution in [0.15, 0.2) is 60.8 Å². The van der Waals surface area contributed by atoms with E-state index in [1.165, 1.54) is 53.6 Å². The number of nitrogens with two attached hydrogens (primary N) is 1. The molecule has 1 aliphatic heterocycles. The first-order chi connectivity index (χ1) is 19.9. The van der Waals surface area contributed by atoms with Crippen LogP contribution in [0, 0.1) is 0 Å². The normalized spacial score (nSPS) is 15.3. The van der Waals surface area contributed by atoms with Crippen molar-refractivity contribution in [1.82, 2.24) is 20.2 Å². The second-order valence-electron chi connectivity index (χ2n) is 9.77. The summed E-state index contributed by atoms with van der Waals surface area (Å²) in [5.41, 5.74) is 6.36. The van der Waals surface area contributed by atoms with Gasteiger partial charge in [-0.3, -0.25) is 9.59 Å². The number of carbonyl (C=O) groups is 2. The molecule has 0 spiro atoms. The Kier molecular flexibility index (Phi) is 7.95. The summed E-state index contributed by atoms with van der Waals surface area (Å²) in [6.07, 6.45) is -1.19. The van der Waals surface area contributed by atoms with Crippen LogP contribution in [-0.4, -0.2) is 45.7 Å². The molecule has 2 amide bonds. The molecule has 218 valence electrons. The maximum absolute atomic E-state index is 14.0. The lowest BCUT2D eigenvalue weighted by Crippen LogP contribution is -2.42. The molecule has 1 fully saturated rings. The standard InChI is InChI=1S/C29H24F5N5O2S/c30-28(31)9-11-39(12-10-28)27(41)19-5-3-18(4-6-19)20-13-21(29(32,33)34)26-22(14-20)38-25(42-26)16-37-24(40)8-2-17-1-7-23(35)36-15-17/h1-8,13-15H,9-12,16H2,(H2,35,36)(H,37,40)/b8-2+. The average molecular weight is 602 g/mol. The quantitative estimate of drug-likeness (QED) is 0.204. The van der Waals surface area contributed by atoms with Crippen molar-refractivity contribution in [2.24, 2.45) is 0 Å². The monoisotopic (exact) mass is 601 g/mol. The van der Waals surface area contributed by atoms with Crippen LogP contribution in [0.5, 0.6) is 0 Å². The van der Waals surface area contributed by atoms with Gasteiger partial charge in [-0.15, -0.1) is 11.3 Å². The Bertz CT molecular complexity index is 1640. The molecule has 5 rings (SSSR count). The topological polar surface area (TPSA) is 101 Å². The number of hydrogen-bond donors (Lipinski definition) is 2. The first-order valence-electron chi connectivity index (χ1n) is 12.8. The van der Waals surface area contributed by atoms with Gasteiger partial charge in [-0.05, 0) is 59.2 Å². The van der Waals surface area contributed by atoms with E-state index in [2.05, 4.69) is 15.3 Å². The number of likely N-dealkylation sites (tertiary alicyclic amines) is 1. The first-order valence-corrected chi connectivity index (χ1v) is 13.7. The molecule has 42 heavy (non-hydrogen) atoms. The number of pyridine rings is 1. The van der Waals surface area contributed by atoms with Crippen LogP contribution >= 0.6 is 11.3 Å². The van der Waals surface area contributed by atoms with Gasteiger partial charge < -0.3 is 16.0 Å². The van der Waals surface area contributed by atoms with Crippen molar-refractivity contribution in [3.63, 3.8) is 0 Å². The Hall–Kier alpha value is -4.39. The number of alkyl halides is 5. The van der Waals surface area contributed by atoms with Crippen LogP contribution < -0.4 is 11.1 Å². The SMILES string of the molecule is Nc1ccc(/C=C/C(=O)NCc2nc3cc(-c4ccc(C(=O)N5CCC(F)(F)CC5)cc4)cc(C(F)(F)F)c3s2)cn1. The van der Waals surface area contributed by atoms with Crippen LogP contribution in [-0.2, 0) is 17.5 Å². The van der Waals surface area contributed by atoms with Crippen LogP contribution in [0.2, 0.25) is 0 Å². The highest BCUT2D eigenvalue weighted by Crippen LogP contribution is 2.40. The number of aromatic nitrogens is 2. The zero-order valence-corrected chi connectivity index (χ0v) is 22.7. The molecule has 4 aromatic rings.